The number of aromatic nitrogens is 2. The molecule has 0 aliphatic carbocycles. The third kappa shape index (κ3) is 3.86. The molecule has 0 unspecified atom stereocenters. The number of benzene rings is 2. The van der Waals surface area contributed by atoms with E-state index in [2.05, 4.69) is 4.72 Å². The van der Waals surface area contributed by atoms with E-state index in [0.717, 1.165) is 12.0 Å². The molecule has 3 rings (SSSR count). The van der Waals surface area contributed by atoms with Crippen LogP contribution in [-0.2, 0) is 30.5 Å². The molecule has 0 saturated carbocycles. The van der Waals surface area contributed by atoms with Crippen LogP contribution in [0.5, 0.6) is 0 Å². The standard InChI is InChI=1S/C19H21N3O4S/c1-21-16-11-10-15(13-17(16)22(2)19(24)18(21)23)27(25,26)20-12-6-9-14-7-4-3-5-8-14/h3-5,7-8,10-11,13,20H,6,9,12H2,1-2H3. The van der Waals surface area contributed by atoms with E-state index >= 15 is 0 Å². The summed E-state index contributed by atoms with van der Waals surface area (Å²) in [6.07, 6.45) is 1.45. The van der Waals surface area contributed by atoms with Crippen LogP contribution in [0.15, 0.2) is 63.0 Å². The van der Waals surface area contributed by atoms with Crippen molar-refractivity contribution in [3.8, 4) is 0 Å². The summed E-state index contributed by atoms with van der Waals surface area (Å²) in [4.78, 5) is 23.9. The van der Waals surface area contributed by atoms with Gasteiger partial charge >= 0.3 is 11.1 Å². The molecule has 0 bridgehead atoms. The van der Waals surface area contributed by atoms with Crippen LogP contribution in [0.3, 0.4) is 0 Å². The highest BCUT2D eigenvalue weighted by Crippen LogP contribution is 2.16. The summed E-state index contributed by atoms with van der Waals surface area (Å²) in [6, 6.07) is 14.2. The fourth-order valence-corrected chi connectivity index (χ4v) is 4.05. The molecule has 0 fully saturated rings. The lowest BCUT2D eigenvalue weighted by Gasteiger charge is -2.11. The zero-order valence-electron chi connectivity index (χ0n) is 15.2. The Balaban J connectivity index is 1.81. The van der Waals surface area contributed by atoms with Crippen LogP contribution >= 0.6 is 0 Å². The van der Waals surface area contributed by atoms with Crippen molar-refractivity contribution < 1.29 is 8.42 Å². The van der Waals surface area contributed by atoms with E-state index in [0.29, 0.717) is 24.0 Å². The highest BCUT2D eigenvalue weighted by Gasteiger charge is 2.16. The number of sulfonamides is 1. The van der Waals surface area contributed by atoms with Gasteiger partial charge in [-0.25, -0.2) is 13.1 Å². The fourth-order valence-electron chi connectivity index (χ4n) is 2.96. The first kappa shape index (κ1) is 19.1. The average molecular weight is 387 g/mol. The molecule has 0 saturated heterocycles. The SMILES string of the molecule is Cn1c(=O)c(=O)n(C)c2cc(S(=O)(=O)NCCCc3ccccc3)ccc21. The largest absolute Gasteiger partial charge is 0.316 e. The Morgan fingerprint density at radius 2 is 1.52 bits per heavy atom. The number of fused-ring (bicyclic) bond motifs is 1. The molecule has 0 spiro atoms. The van der Waals surface area contributed by atoms with Crippen molar-refractivity contribution >= 4 is 21.1 Å². The summed E-state index contributed by atoms with van der Waals surface area (Å²) in [6.45, 7) is 0.307. The molecule has 7 nitrogen and oxygen atoms in total. The summed E-state index contributed by atoms with van der Waals surface area (Å²) >= 11 is 0. The topological polar surface area (TPSA) is 90.2 Å². The summed E-state index contributed by atoms with van der Waals surface area (Å²) in [5.41, 5.74) is 0.674. The van der Waals surface area contributed by atoms with Gasteiger partial charge in [0.05, 0.1) is 15.9 Å². The van der Waals surface area contributed by atoms with Gasteiger partial charge in [-0.05, 0) is 36.6 Å². The molecule has 0 atom stereocenters. The molecular weight excluding hydrogens is 366 g/mol. The minimum absolute atomic E-state index is 0.0587. The lowest BCUT2D eigenvalue weighted by atomic mass is 10.1. The normalized spacial score (nSPS) is 11.8. The first-order valence-electron chi connectivity index (χ1n) is 8.54. The molecule has 1 heterocycles. The summed E-state index contributed by atoms with van der Waals surface area (Å²) in [7, 11) is -0.769. The zero-order valence-corrected chi connectivity index (χ0v) is 16.0. The van der Waals surface area contributed by atoms with E-state index in [9.17, 15) is 18.0 Å². The van der Waals surface area contributed by atoms with E-state index in [4.69, 9.17) is 0 Å². The van der Waals surface area contributed by atoms with Crippen molar-refractivity contribution in [1.29, 1.82) is 0 Å². The van der Waals surface area contributed by atoms with Gasteiger partial charge in [0, 0.05) is 20.6 Å². The van der Waals surface area contributed by atoms with Crippen LogP contribution in [0.1, 0.15) is 12.0 Å². The van der Waals surface area contributed by atoms with Crippen molar-refractivity contribution in [2.24, 2.45) is 14.1 Å². The van der Waals surface area contributed by atoms with Crippen LogP contribution in [0, 0.1) is 0 Å². The number of nitrogens with zero attached hydrogens (tertiary/aromatic N) is 2. The molecule has 0 amide bonds. The molecule has 1 N–H and O–H groups in total. The summed E-state index contributed by atoms with van der Waals surface area (Å²) in [5.74, 6) is 0. The summed E-state index contributed by atoms with van der Waals surface area (Å²) < 4.78 is 30.1. The van der Waals surface area contributed by atoms with Gasteiger partial charge in [-0.3, -0.25) is 9.59 Å². The lowest BCUT2D eigenvalue weighted by molar-refractivity contribution is 0.579. The maximum atomic E-state index is 12.6. The number of nitrogens with one attached hydrogen (secondary N) is 1. The summed E-state index contributed by atoms with van der Waals surface area (Å²) in [5, 5.41) is 0. The zero-order chi connectivity index (χ0) is 19.6. The Kier molecular flexibility index (Phi) is 5.29. The molecule has 27 heavy (non-hydrogen) atoms. The Morgan fingerprint density at radius 1 is 0.889 bits per heavy atom. The molecule has 3 aromatic rings. The third-order valence-corrected chi connectivity index (χ3v) is 6.01. The second-order valence-corrected chi connectivity index (χ2v) is 8.13. The Morgan fingerprint density at radius 3 is 2.19 bits per heavy atom. The molecule has 2 aromatic carbocycles. The van der Waals surface area contributed by atoms with Crippen LogP contribution < -0.4 is 15.8 Å². The quantitative estimate of drug-likeness (QED) is 0.507. The van der Waals surface area contributed by atoms with E-state index in [1.807, 2.05) is 30.3 Å². The smallest absolute Gasteiger partial charge is 0.305 e. The number of hydrogen-bond donors (Lipinski definition) is 1. The number of hydrogen-bond acceptors (Lipinski definition) is 4. The monoisotopic (exact) mass is 387 g/mol. The molecular formula is C19H21N3O4S. The number of aryl methyl sites for hydroxylation is 3. The van der Waals surface area contributed by atoms with Crippen molar-refractivity contribution in [2.75, 3.05) is 6.54 Å². The van der Waals surface area contributed by atoms with Crippen LogP contribution in [-0.4, -0.2) is 24.1 Å². The predicted molar refractivity (Wildman–Crippen MR) is 104 cm³/mol. The van der Waals surface area contributed by atoms with Gasteiger partial charge in [-0.15, -0.1) is 0 Å². The maximum absolute atomic E-state index is 12.6. The first-order chi connectivity index (χ1) is 12.8. The van der Waals surface area contributed by atoms with Gasteiger partial charge in [0.2, 0.25) is 10.0 Å². The molecule has 0 radical (unpaired) electrons. The molecule has 1 aromatic heterocycles. The van der Waals surface area contributed by atoms with Gasteiger partial charge in [0.1, 0.15) is 0 Å². The predicted octanol–water partition coefficient (Wildman–Crippen LogP) is 1.15. The molecule has 142 valence electrons. The number of rotatable bonds is 6. The van der Waals surface area contributed by atoms with Crippen molar-refractivity contribution in [2.45, 2.75) is 17.7 Å². The van der Waals surface area contributed by atoms with E-state index in [1.165, 1.54) is 41.4 Å². The Hall–Kier alpha value is -2.71. The highest BCUT2D eigenvalue weighted by molar-refractivity contribution is 7.89. The minimum atomic E-state index is -3.71. The lowest BCUT2D eigenvalue weighted by Crippen LogP contribution is -2.39. The van der Waals surface area contributed by atoms with Gasteiger partial charge in [0.15, 0.2) is 0 Å². The Bertz CT molecular complexity index is 1200. The minimum Gasteiger partial charge on any atom is -0.305 e. The van der Waals surface area contributed by atoms with Crippen LogP contribution in [0.25, 0.3) is 11.0 Å². The van der Waals surface area contributed by atoms with Crippen LogP contribution in [0.2, 0.25) is 0 Å². The van der Waals surface area contributed by atoms with Gasteiger partial charge in [-0.1, -0.05) is 30.3 Å². The van der Waals surface area contributed by atoms with Crippen molar-refractivity contribution in [1.82, 2.24) is 13.9 Å². The van der Waals surface area contributed by atoms with Crippen molar-refractivity contribution in [3.63, 3.8) is 0 Å². The van der Waals surface area contributed by atoms with E-state index in [1.54, 1.807) is 0 Å². The maximum Gasteiger partial charge on any atom is 0.316 e. The van der Waals surface area contributed by atoms with E-state index < -0.39 is 21.1 Å². The average Bonchev–Trinajstić information content (AvgIpc) is 2.68. The molecule has 0 aliphatic rings. The van der Waals surface area contributed by atoms with Gasteiger partial charge < -0.3 is 9.13 Å². The second-order valence-electron chi connectivity index (χ2n) is 6.37. The molecule has 8 heteroatoms. The Labute approximate surface area is 156 Å². The van der Waals surface area contributed by atoms with Gasteiger partial charge in [0.25, 0.3) is 0 Å². The second kappa shape index (κ2) is 7.50. The van der Waals surface area contributed by atoms with Crippen molar-refractivity contribution in [3.05, 3.63) is 74.8 Å². The first-order valence-corrected chi connectivity index (χ1v) is 10.0. The van der Waals surface area contributed by atoms with Gasteiger partial charge in [-0.2, -0.15) is 0 Å². The highest BCUT2D eigenvalue weighted by atomic mass is 32.2. The molecule has 0 aliphatic heterocycles. The fraction of sp³-hybridized carbons (Fsp3) is 0.263. The van der Waals surface area contributed by atoms with Crippen LogP contribution in [0.4, 0.5) is 0 Å². The van der Waals surface area contributed by atoms with E-state index in [-0.39, 0.29) is 4.90 Å². The third-order valence-electron chi connectivity index (χ3n) is 4.55.